The molecule has 1 aromatic heterocycles. The van der Waals surface area contributed by atoms with Crippen molar-refractivity contribution in [2.24, 2.45) is 0 Å². The number of amides is 1. The number of ketones is 1. The van der Waals surface area contributed by atoms with E-state index in [0.717, 1.165) is 6.42 Å². The number of esters is 1. The van der Waals surface area contributed by atoms with Gasteiger partial charge in [0.25, 0.3) is 0 Å². The molecule has 0 N–H and O–H groups in total. The normalized spacial score (nSPS) is 14.0. The van der Waals surface area contributed by atoms with E-state index in [9.17, 15) is 14.4 Å². The van der Waals surface area contributed by atoms with Crippen LogP contribution in [0.5, 0.6) is 0 Å². The highest BCUT2D eigenvalue weighted by Crippen LogP contribution is 2.25. The van der Waals surface area contributed by atoms with Gasteiger partial charge in [-0.25, -0.2) is 4.98 Å². The van der Waals surface area contributed by atoms with E-state index in [4.69, 9.17) is 4.74 Å². The number of hydrogen-bond acceptors (Lipinski definition) is 6. The van der Waals surface area contributed by atoms with Gasteiger partial charge in [0.2, 0.25) is 5.91 Å². The Morgan fingerprint density at radius 1 is 1.25 bits per heavy atom. The molecule has 1 aliphatic heterocycles. The second kappa shape index (κ2) is 7.35. The molecule has 2 heterocycles. The molecule has 6 nitrogen and oxygen atoms in total. The van der Waals surface area contributed by atoms with Crippen molar-refractivity contribution in [1.29, 1.82) is 0 Å². The SMILES string of the molecule is O=C(Cc1csc(N2CCCC2=O)n1)OCC(=O)c1ccccc1. The topological polar surface area (TPSA) is 76.6 Å². The Balaban J connectivity index is 1.51. The summed E-state index contributed by atoms with van der Waals surface area (Å²) >= 11 is 1.33. The molecule has 1 aliphatic rings. The maximum absolute atomic E-state index is 11.9. The van der Waals surface area contributed by atoms with Gasteiger partial charge in [-0.2, -0.15) is 0 Å². The van der Waals surface area contributed by atoms with Gasteiger partial charge in [-0.15, -0.1) is 11.3 Å². The summed E-state index contributed by atoms with van der Waals surface area (Å²) in [5.74, 6) is -0.693. The molecular formula is C17H16N2O4S. The van der Waals surface area contributed by atoms with E-state index in [1.165, 1.54) is 11.3 Å². The van der Waals surface area contributed by atoms with Gasteiger partial charge in [0.1, 0.15) is 0 Å². The van der Waals surface area contributed by atoms with Crippen LogP contribution in [0.3, 0.4) is 0 Å². The van der Waals surface area contributed by atoms with Gasteiger partial charge in [0.05, 0.1) is 12.1 Å². The first-order chi connectivity index (χ1) is 11.6. The third kappa shape index (κ3) is 3.86. The van der Waals surface area contributed by atoms with Crippen LogP contribution < -0.4 is 4.90 Å². The number of benzene rings is 1. The minimum absolute atomic E-state index is 0.0133. The summed E-state index contributed by atoms with van der Waals surface area (Å²) in [7, 11) is 0. The van der Waals surface area contributed by atoms with Crippen LogP contribution in [0.2, 0.25) is 0 Å². The largest absolute Gasteiger partial charge is 0.457 e. The lowest BCUT2D eigenvalue weighted by molar-refractivity contribution is -0.141. The lowest BCUT2D eigenvalue weighted by Crippen LogP contribution is -2.23. The van der Waals surface area contributed by atoms with Crippen molar-refractivity contribution < 1.29 is 19.1 Å². The monoisotopic (exact) mass is 344 g/mol. The highest BCUT2D eigenvalue weighted by atomic mass is 32.1. The van der Waals surface area contributed by atoms with Crippen molar-refractivity contribution in [3.8, 4) is 0 Å². The molecule has 0 bridgehead atoms. The average Bonchev–Trinajstić information content (AvgIpc) is 3.22. The van der Waals surface area contributed by atoms with E-state index >= 15 is 0 Å². The zero-order valence-electron chi connectivity index (χ0n) is 12.9. The maximum Gasteiger partial charge on any atom is 0.312 e. The van der Waals surface area contributed by atoms with Crippen molar-refractivity contribution in [2.75, 3.05) is 18.1 Å². The summed E-state index contributed by atoms with van der Waals surface area (Å²) in [6.07, 6.45) is 1.36. The standard InChI is InChI=1S/C17H16N2O4S/c20-14(12-5-2-1-3-6-12)10-23-16(22)9-13-11-24-17(18-13)19-8-4-7-15(19)21/h1-3,5-6,11H,4,7-10H2. The van der Waals surface area contributed by atoms with Crippen LogP contribution in [-0.4, -0.2) is 35.8 Å². The van der Waals surface area contributed by atoms with Crippen LogP contribution in [0, 0.1) is 0 Å². The fraction of sp³-hybridized carbons (Fsp3) is 0.294. The third-order valence-electron chi connectivity index (χ3n) is 3.63. The molecule has 0 spiro atoms. The number of hydrogen-bond donors (Lipinski definition) is 0. The fourth-order valence-corrected chi connectivity index (χ4v) is 3.27. The van der Waals surface area contributed by atoms with Gasteiger partial charge >= 0.3 is 5.97 Å². The van der Waals surface area contributed by atoms with E-state index < -0.39 is 5.97 Å². The Hall–Kier alpha value is -2.54. The van der Waals surface area contributed by atoms with E-state index in [1.807, 2.05) is 6.07 Å². The lowest BCUT2D eigenvalue weighted by Gasteiger charge is -2.10. The molecule has 1 saturated heterocycles. The van der Waals surface area contributed by atoms with Gasteiger partial charge in [-0.05, 0) is 6.42 Å². The molecule has 1 aromatic carbocycles. The minimum atomic E-state index is -0.510. The Bertz CT molecular complexity index is 757. The van der Waals surface area contributed by atoms with Crippen LogP contribution >= 0.6 is 11.3 Å². The van der Waals surface area contributed by atoms with Crippen molar-refractivity contribution in [2.45, 2.75) is 19.3 Å². The number of thiazole rings is 1. The second-order valence-corrected chi connectivity index (χ2v) is 6.23. The van der Waals surface area contributed by atoms with Gasteiger partial charge < -0.3 is 4.74 Å². The number of nitrogens with zero attached hydrogens (tertiary/aromatic N) is 2. The molecule has 2 aromatic rings. The molecule has 7 heteroatoms. The predicted molar refractivity (Wildman–Crippen MR) is 89.1 cm³/mol. The second-order valence-electron chi connectivity index (χ2n) is 5.40. The maximum atomic E-state index is 11.9. The summed E-state index contributed by atoms with van der Waals surface area (Å²) in [6, 6.07) is 8.68. The molecule has 0 atom stereocenters. The van der Waals surface area contributed by atoms with Crippen molar-refractivity contribution >= 4 is 34.1 Å². The number of aromatic nitrogens is 1. The molecule has 0 radical (unpaired) electrons. The van der Waals surface area contributed by atoms with Crippen LogP contribution in [-0.2, 0) is 20.7 Å². The van der Waals surface area contributed by atoms with Crippen LogP contribution in [0.15, 0.2) is 35.7 Å². The number of Topliss-reactive ketones (excluding diaryl/α,β-unsaturated/α-hetero) is 1. The molecule has 0 unspecified atom stereocenters. The Kier molecular flexibility index (Phi) is 5.00. The van der Waals surface area contributed by atoms with E-state index in [-0.39, 0.29) is 24.7 Å². The average molecular weight is 344 g/mol. The molecule has 1 amide bonds. The molecule has 3 rings (SSSR count). The Labute approximate surface area is 143 Å². The summed E-state index contributed by atoms with van der Waals surface area (Å²) < 4.78 is 5.01. The summed E-state index contributed by atoms with van der Waals surface area (Å²) in [5, 5.41) is 2.35. The first-order valence-electron chi connectivity index (χ1n) is 7.62. The van der Waals surface area contributed by atoms with E-state index in [2.05, 4.69) is 4.98 Å². The molecule has 0 aliphatic carbocycles. The molecule has 1 fully saturated rings. The van der Waals surface area contributed by atoms with Gasteiger partial charge in [0, 0.05) is 23.9 Å². The van der Waals surface area contributed by atoms with Crippen molar-refractivity contribution in [3.05, 3.63) is 47.0 Å². The molecular weight excluding hydrogens is 328 g/mol. The number of rotatable bonds is 6. The number of anilines is 1. The summed E-state index contributed by atoms with van der Waals surface area (Å²) in [5.41, 5.74) is 1.06. The molecule has 0 saturated carbocycles. The van der Waals surface area contributed by atoms with E-state index in [1.54, 1.807) is 34.5 Å². The van der Waals surface area contributed by atoms with Crippen LogP contribution in [0.1, 0.15) is 28.9 Å². The van der Waals surface area contributed by atoms with E-state index in [0.29, 0.717) is 29.4 Å². The van der Waals surface area contributed by atoms with Gasteiger partial charge in [-0.3, -0.25) is 19.3 Å². The van der Waals surface area contributed by atoms with Crippen LogP contribution in [0.4, 0.5) is 5.13 Å². The first-order valence-corrected chi connectivity index (χ1v) is 8.50. The van der Waals surface area contributed by atoms with Gasteiger partial charge in [-0.1, -0.05) is 30.3 Å². The molecule has 124 valence electrons. The van der Waals surface area contributed by atoms with Crippen LogP contribution in [0.25, 0.3) is 0 Å². The molecule has 24 heavy (non-hydrogen) atoms. The quantitative estimate of drug-likeness (QED) is 0.593. The zero-order chi connectivity index (χ0) is 16.9. The number of ether oxygens (including phenoxy) is 1. The fourth-order valence-electron chi connectivity index (χ4n) is 2.40. The highest BCUT2D eigenvalue weighted by Gasteiger charge is 2.24. The first kappa shape index (κ1) is 16.3. The van der Waals surface area contributed by atoms with Crippen molar-refractivity contribution in [1.82, 2.24) is 4.98 Å². The number of carbonyl (C=O) groups is 3. The number of carbonyl (C=O) groups excluding carboxylic acids is 3. The highest BCUT2D eigenvalue weighted by molar-refractivity contribution is 7.14. The Morgan fingerprint density at radius 3 is 2.75 bits per heavy atom. The Morgan fingerprint density at radius 2 is 2.04 bits per heavy atom. The van der Waals surface area contributed by atoms with Gasteiger partial charge in [0.15, 0.2) is 17.5 Å². The summed E-state index contributed by atoms with van der Waals surface area (Å²) in [4.78, 5) is 41.4. The lowest BCUT2D eigenvalue weighted by atomic mass is 10.1. The third-order valence-corrected chi connectivity index (χ3v) is 4.54. The van der Waals surface area contributed by atoms with Crippen molar-refractivity contribution in [3.63, 3.8) is 0 Å². The smallest absolute Gasteiger partial charge is 0.312 e. The predicted octanol–water partition coefficient (Wildman–Crippen LogP) is 2.24. The minimum Gasteiger partial charge on any atom is -0.457 e. The summed E-state index contributed by atoms with van der Waals surface area (Å²) in [6.45, 7) is 0.381. The zero-order valence-corrected chi connectivity index (χ0v) is 13.8.